The van der Waals surface area contributed by atoms with E-state index in [4.69, 9.17) is 27.9 Å². The lowest BCUT2D eigenvalue weighted by molar-refractivity contribution is -0.140. The molecule has 0 spiro atoms. The number of carbonyl (C=O) groups is 3. The van der Waals surface area contributed by atoms with E-state index >= 15 is 0 Å². The van der Waals surface area contributed by atoms with Crippen molar-refractivity contribution in [1.82, 2.24) is 5.32 Å². The zero-order valence-electron chi connectivity index (χ0n) is 13.3. The minimum absolute atomic E-state index is 0.205. The van der Waals surface area contributed by atoms with Crippen LogP contribution in [0.5, 0.6) is 0 Å². The lowest BCUT2D eigenvalue weighted by atomic mass is 10.2. The van der Waals surface area contributed by atoms with E-state index in [1.54, 1.807) is 18.2 Å². The molecule has 0 radical (unpaired) electrons. The summed E-state index contributed by atoms with van der Waals surface area (Å²) in [6, 6.07) is 5.11. The van der Waals surface area contributed by atoms with Crippen LogP contribution in [-0.4, -0.2) is 38.1 Å². The lowest BCUT2D eigenvalue weighted by Crippen LogP contribution is -2.29. The molecule has 0 saturated heterocycles. The van der Waals surface area contributed by atoms with Gasteiger partial charge in [0.25, 0.3) is 5.91 Å². The van der Waals surface area contributed by atoms with Crippen LogP contribution in [0.3, 0.4) is 0 Å². The molecule has 1 aromatic carbocycles. The molecule has 0 aliphatic heterocycles. The molecule has 1 N–H and O–H groups in total. The second kappa shape index (κ2) is 9.03. The standard InChI is InChI=1S/C16H15Cl2NO5S/c1-23-13(21)3-2-6-19-12(20)8-24-16(22)15-14(18)10-5-4-9(17)7-11(10)25-15/h4-5,7H,2-3,6,8H2,1H3,(H,19,20). The van der Waals surface area contributed by atoms with Crippen LogP contribution in [0.15, 0.2) is 18.2 Å². The van der Waals surface area contributed by atoms with E-state index in [2.05, 4.69) is 10.1 Å². The van der Waals surface area contributed by atoms with Gasteiger partial charge in [-0.1, -0.05) is 29.3 Å². The fourth-order valence-electron chi connectivity index (χ4n) is 1.98. The molecule has 0 atom stereocenters. The first-order valence-corrected chi connectivity index (χ1v) is 8.87. The molecule has 1 heterocycles. The van der Waals surface area contributed by atoms with Crippen molar-refractivity contribution >= 4 is 62.5 Å². The first kappa shape index (κ1) is 19.5. The Hall–Kier alpha value is -1.83. The number of nitrogens with one attached hydrogen (secondary N) is 1. The van der Waals surface area contributed by atoms with E-state index in [0.29, 0.717) is 16.8 Å². The van der Waals surface area contributed by atoms with Crippen molar-refractivity contribution in [2.24, 2.45) is 0 Å². The molecular formula is C16H15Cl2NO5S. The first-order valence-electron chi connectivity index (χ1n) is 7.30. The predicted molar refractivity (Wildman–Crippen MR) is 96.4 cm³/mol. The Morgan fingerprint density at radius 3 is 2.72 bits per heavy atom. The van der Waals surface area contributed by atoms with Crippen LogP contribution in [0.2, 0.25) is 10.0 Å². The minimum Gasteiger partial charge on any atom is -0.469 e. The van der Waals surface area contributed by atoms with Crippen molar-refractivity contribution in [2.45, 2.75) is 12.8 Å². The highest BCUT2D eigenvalue weighted by Gasteiger charge is 2.19. The number of carbonyl (C=O) groups excluding carboxylic acids is 3. The maximum atomic E-state index is 12.1. The van der Waals surface area contributed by atoms with Gasteiger partial charge in [-0.25, -0.2) is 4.79 Å². The third kappa shape index (κ3) is 5.32. The number of ether oxygens (including phenoxy) is 2. The maximum Gasteiger partial charge on any atom is 0.350 e. The molecule has 25 heavy (non-hydrogen) atoms. The van der Waals surface area contributed by atoms with Crippen LogP contribution >= 0.6 is 34.5 Å². The molecule has 0 saturated carbocycles. The van der Waals surface area contributed by atoms with E-state index in [1.165, 1.54) is 7.11 Å². The smallest absolute Gasteiger partial charge is 0.350 e. The summed E-state index contributed by atoms with van der Waals surface area (Å²) in [5.74, 6) is -1.48. The van der Waals surface area contributed by atoms with Crippen molar-refractivity contribution in [2.75, 3.05) is 20.3 Å². The van der Waals surface area contributed by atoms with E-state index in [9.17, 15) is 14.4 Å². The Morgan fingerprint density at radius 2 is 2.00 bits per heavy atom. The van der Waals surface area contributed by atoms with Gasteiger partial charge < -0.3 is 14.8 Å². The molecule has 134 valence electrons. The largest absolute Gasteiger partial charge is 0.469 e. The number of halogens is 2. The minimum atomic E-state index is -0.674. The Kier molecular flexibility index (Phi) is 7.04. The molecule has 6 nitrogen and oxygen atoms in total. The second-order valence-corrected chi connectivity index (χ2v) is 6.86. The monoisotopic (exact) mass is 403 g/mol. The maximum absolute atomic E-state index is 12.1. The molecule has 0 fully saturated rings. The van der Waals surface area contributed by atoms with E-state index in [0.717, 1.165) is 16.0 Å². The van der Waals surface area contributed by atoms with Crippen LogP contribution in [-0.2, 0) is 19.1 Å². The van der Waals surface area contributed by atoms with Gasteiger partial charge in [0, 0.05) is 28.1 Å². The van der Waals surface area contributed by atoms with Gasteiger partial charge in [0.05, 0.1) is 12.1 Å². The summed E-state index contributed by atoms with van der Waals surface area (Å²) in [7, 11) is 1.30. The molecule has 9 heteroatoms. The number of fused-ring (bicyclic) bond motifs is 1. The molecule has 1 amide bonds. The van der Waals surface area contributed by atoms with Gasteiger partial charge in [-0.15, -0.1) is 11.3 Å². The van der Waals surface area contributed by atoms with Gasteiger partial charge in [-0.05, 0) is 18.6 Å². The van der Waals surface area contributed by atoms with Crippen LogP contribution < -0.4 is 5.32 Å². The van der Waals surface area contributed by atoms with Crippen LogP contribution in [0.4, 0.5) is 0 Å². The Bertz CT molecular complexity index is 805. The predicted octanol–water partition coefficient (Wildman–Crippen LogP) is 3.43. The molecule has 0 unspecified atom stereocenters. The number of methoxy groups -OCH3 is 1. The number of hydrogen-bond acceptors (Lipinski definition) is 6. The fourth-order valence-corrected chi connectivity index (χ4v) is 3.66. The van der Waals surface area contributed by atoms with Gasteiger partial charge in [0.1, 0.15) is 4.88 Å². The quantitative estimate of drug-likeness (QED) is 0.565. The van der Waals surface area contributed by atoms with Crippen LogP contribution in [0.25, 0.3) is 10.1 Å². The highest BCUT2D eigenvalue weighted by atomic mass is 35.5. The van der Waals surface area contributed by atoms with Crippen molar-refractivity contribution in [3.63, 3.8) is 0 Å². The zero-order valence-corrected chi connectivity index (χ0v) is 15.6. The molecule has 0 aliphatic rings. The van der Waals surface area contributed by atoms with Crippen LogP contribution in [0, 0.1) is 0 Å². The normalized spacial score (nSPS) is 10.5. The first-order chi connectivity index (χ1) is 11.9. The number of rotatable bonds is 7. The molecule has 0 aliphatic carbocycles. The Balaban J connectivity index is 1.85. The number of hydrogen-bond donors (Lipinski definition) is 1. The summed E-state index contributed by atoms with van der Waals surface area (Å²) >= 11 is 13.3. The van der Waals surface area contributed by atoms with Gasteiger partial charge in [0.15, 0.2) is 6.61 Å². The van der Waals surface area contributed by atoms with Gasteiger partial charge in [-0.3, -0.25) is 9.59 Å². The van der Waals surface area contributed by atoms with Crippen molar-refractivity contribution in [1.29, 1.82) is 0 Å². The average Bonchev–Trinajstić information content (AvgIpc) is 2.92. The van der Waals surface area contributed by atoms with Crippen molar-refractivity contribution in [3.8, 4) is 0 Å². The van der Waals surface area contributed by atoms with E-state index in [-0.39, 0.29) is 28.8 Å². The van der Waals surface area contributed by atoms with Gasteiger partial charge >= 0.3 is 11.9 Å². The van der Waals surface area contributed by atoms with E-state index < -0.39 is 18.5 Å². The molecule has 2 rings (SSSR count). The van der Waals surface area contributed by atoms with Crippen molar-refractivity contribution in [3.05, 3.63) is 33.1 Å². The molecule has 0 bridgehead atoms. The topological polar surface area (TPSA) is 81.7 Å². The number of esters is 2. The van der Waals surface area contributed by atoms with Crippen molar-refractivity contribution < 1.29 is 23.9 Å². The van der Waals surface area contributed by atoms with Crippen LogP contribution in [0.1, 0.15) is 22.5 Å². The highest BCUT2D eigenvalue weighted by molar-refractivity contribution is 7.21. The fraction of sp³-hybridized carbons (Fsp3) is 0.312. The summed E-state index contributed by atoms with van der Waals surface area (Å²) in [5.41, 5.74) is 0. The third-order valence-corrected chi connectivity index (χ3v) is 5.09. The number of thiophene rings is 1. The molecule has 1 aromatic heterocycles. The Labute approximate surface area is 158 Å². The second-order valence-electron chi connectivity index (χ2n) is 4.99. The summed E-state index contributed by atoms with van der Waals surface area (Å²) in [6.07, 6.45) is 0.645. The lowest BCUT2D eigenvalue weighted by Gasteiger charge is -2.05. The molecular weight excluding hydrogens is 389 g/mol. The van der Waals surface area contributed by atoms with Gasteiger partial charge in [-0.2, -0.15) is 0 Å². The summed E-state index contributed by atoms with van der Waals surface area (Å²) < 4.78 is 10.2. The van der Waals surface area contributed by atoms with E-state index in [1.807, 2.05) is 0 Å². The number of benzene rings is 1. The summed E-state index contributed by atoms with van der Waals surface area (Å²) in [5, 5.41) is 4.07. The average molecular weight is 404 g/mol. The zero-order chi connectivity index (χ0) is 18.4. The van der Waals surface area contributed by atoms with Gasteiger partial charge in [0.2, 0.25) is 0 Å². The third-order valence-electron chi connectivity index (χ3n) is 3.22. The highest BCUT2D eigenvalue weighted by Crippen LogP contribution is 2.37. The summed E-state index contributed by atoms with van der Waals surface area (Å²) in [6.45, 7) is -0.143. The number of amides is 1. The SMILES string of the molecule is COC(=O)CCCNC(=O)COC(=O)c1sc2cc(Cl)ccc2c1Cl. The summed E-state index contributed by atoms with van der Waals surface area (Å²) in [4.78, 5) is 34.9. The molecule has 2 aromatic rings. The Morgan fingerprint density at radius 1 is 1.24 bits per heavy atom.